The fourth-order valence-electron chi connectivity index (χ4n) is 2.21. The van der Waals surface area contributed by atoms with Gasteiger partial charge in [-0.05, 0) is 21.9 Å². The van der Waals surface area contributed by atoms with Crippen LogP contribution in [0.25, 0.3) is 10.8 Å². The van der Waals surface area contributed by atoms with Gasteiger partial charge in [0.2, 0.25) is 11.6 Å². The van der Waals surface area contributed by atoms with Crippen molar-refractivity contribution in [2.45, 2.75) is 12.8 Å². The maximum absolute atomic E-state index is 11.3. The summed E-state index contributed by atoms with van der Waals surface area (Å²) in [6.45, 7) is 0. The van der Waals surface area contributed by atoms with Gasteiger partial charge in [-0.15, -0.1) is 0 Å². The summed E-state index contributed by atoms with van der Waals surface area (Å²) in [4.78, 5) is 22.7. The van der Waals surface area contributed by atoms with Gasteiger partial charge in [0.15, 0.2) is 0 Å². The number of fused-ring (bicyclic) bond motifs is 2. The molecular weight excluding hydrogens is 200 g/mol. The highest BCUT2D eigenvalue weighted by Crippen LogP contribution is 2.24. The molecular formula is C14H10O2. The average Bonchev–Trinajstić information content (AvgIpc) is 2.28. The van der Waals surface area contributed by atoms with Crippen molar-refractivity contribution in [2.24, 2.45) is 0 Å². The molecule has 1 aliphatic rings. The third-order valence-corrected chi connectivity index (χ3v) is 3.08. The van der Waals surface area contributed by atoms with Crippen LogP contribution in [0.5, 0.6) is 0 Å². The molecule has 1 aliphatic carbocycles. The highest BCUT2D eigenvalue weighted by Gasteiger charge is 2.23. The van der Waals surface area contributed by atoms with E-state index in [1.165, 1.54) is 0 Å². The molecule has 2 nitrogen and oxygen atoms in total. The third-order valence-electron chi connectivity index (χ3n) is 3.08. The molecule has 3 rings (SSSR count). The number of hydrogen-bond donors (Lipinski definition) is 0. The summed E-state index contributed by atoms with van der Waals surface area (Å²) in [6, 6.07) is 12.0. The Balaban J connectivity index is 2.24. The quantitative estimate of drug-likeness (QED) is 0.624. The smallest absolute Gasteiger partial charge is 0.203 e. The van der Waals surface area contributed by atoms with Crippen molar-refractivity contribution in [3.8, 4) is 0 Å². The Morgan fingerprint density at radius 2 is 1.19 bits per heavy atom. The summed E-state index contributed by atoms with van der Waals surface area (Å²) in [6.07, 6.45) is 0.526. The second-order valence-electron chi connectivity index (χ2n) is 4.17. The summed E-state index contributed by atoms with van der Waals surface area (Å²) in [7, 11) is 0. The Morgan fingerprint density at radius 3 is 1.62 bits per heavy atom. The lowest BCUT2D eigenvalue weighted by atomic mass is 9.88. The minimum Gasteiger partial charge on any atom is -0.291 e. The van der Waals surface area contributed by atoms with E-state index in [4.69, 9.17) is 0 Å². The van der Waals surface area contributed by atoms with Crippen molar-refractivity contribution >= 4 is 22.3 Å². The van der Waals surface area contributed by atoms with Crippen LogP contribution in [-0.4, -0.2) is 11.6 Å². The predicted molar refractivity (Wildman–Crippen MR) is 61.4 cm³/mol. The summed E-state index contributed by atoms with van der Waals surface area (Å²) in [5.41, 5.74) is 2.01. The lowest BCUT2D eigenvalue weighted by molar-refractivity contribution is -0.136. The molecule has 16 heavy (non-hydrogen) atoms. The number of rotatable bonds is 0. The van der Waals surface area contributed by atoms with E-state index in [1.807, 2.05) is 36.4 Å². The molecule has 2 aromatic carbocycles. The minimum atomic E-state index is -0.261. The fraction of sp³-hybridized carbons (Fsp3) is 0.143. The average molecular weight is 210 g/mol. The van der Waals surface area contributed by atoms with Gasteiger partial charge < -0.3 is 0 Å². The molecule has 0 atom stereocenters. The zero-order valence-corrected chi connectivity index (χ0v) is 8.69. The number of carbonyl (C=O) groups is 2. The predicted octanol–water partition coefficient (Wildman–Crippen LogP) is 2.08. The first-order valence-electron chi connectivity index (χ1n) is 5.30. The Morgan fingerprint density at radius 1 is 0.750 bits per heavy atom. The molecule has 78 valence electrons. The maximum atomic E-state index is 11.3. The topological polar surface area (TPSA) is 34.1 Å². The molecule has 0 heterocycles. The minimum absolute atomic E-state index is 0.261. The second-order valence-corrected chi connectivity index (χ2v) is 4.17. The van der Waals surface area contributed by atoms with Crippen LogP contribution in [0.2, 0.25) is 0 Å². The van der Waals surface area contributed by atoms with E-state index >= 15 is 0 Å². The normalized spacial score (nSPS) is 15.2. The molecule has 0 saturated heterocycles. The van der Waals surface area contributed by atoms with Gasteiger partial charge in [-0.1, -0.05) is 36.4 Å². The van der Waals surface area contributed by atoms with Crippen LogP contribution in [0.15, 0.2) is 36.4 Å². The van der Waals surface area contributed by atoms with Crippen molar-refractivity contribution in [3.63, 3.8) is 0 Å². The van der Waals surface area contributed by atoms with Crippen LogP contribution in [-0.2, 0) is 22.4 Å². The van der Waals surface area contributed by atoms with Gasteiger partial charge in [0.05, 0.1) is 0 Å². The van der Waals surface area contributed by atoms with Gasteiger partial charge in [-0.25, -0.2) is 0 Å². The Hall–Kier alpha value is -1.96. The number of Topliss-reactive ketones (excluding diaryl/α,β-unsaturated/α-hetero) is 2. The summed E-state index contributed by atoms with van der Waals surface area (Å²) in [5, 5.41) is 2.26. The highest BCUT2D eigenvalue weighted by molar-refractivity contribution is 6.39. The Labute approximate surface area is 92.9 Å². The van der Waals surface area contributed by atoms with Crippen molar-refractivity contribution in [1.29, 1.82) is 0 Å². The molecule has 0 saturated carbocycles. The van der Waals surface area contributed by atoms with Crippen LogP contribution in [0.4, 0.5) is 0 Å². The van der Waals surface area contributed by atoms with Gasteiger partial charge in [0.1, 0.15) is 0 Å². The number of benzene rings is 2. The molecule has 2 aromatic rings. The monoisotopic (exact) mass is 210 g/mol. The molecule has 0 radical (unpaired) electrons. The van der Waals surface area contributed by atoms with E-state index in [0.717, 1.165) is 21.9 Å². The van der Waals surface area contributed by atoms with E-state index in [9.17, 15) is 9.59 Å². The van der Waals surface area contributed by atoms with Gasteiger partial charge >= 0.3 is 0 Å². The number of ketones is 2. The van der Waals surface area contributed by atoms with Crippen molar-refractivity contribution < 1.29 is 9.59 Å². The molecule has 0 amide bonds. The van der Waals surface area contributed by atoms with Gasteiger partial charge in [-0.3, -0.25) is 9.59 Å². The standard InChI is InChI=1S/C14H10O2/c15-13-7-11-5-9-3-1-2-4-10(9)6-12(11)8-14(13)16/h1-6H,7-8H2. The van der Waals surface area contributed by atoms with Crippen LogP contribution in [0.1, 0.15) is 11.1 Å². The summed E-state index contributed by atoms with van der Waals surface area (Å²) >= 11 is 0. The number of carbonyl (C=O) groups excluding carboxylic acids is 2. The largest absolute Gasteiger partial charge is 0.291 e. The molecule has 0 aromatic heterocycles. The SMILES string of the molecule is O=C1Cc2cc3ccccc3cc2CC1=O. The van der Waals surface area contributed by atoms with Crippen LogP contribution < -0.4 is 0 Å². The summed E-state index contributed by atoms with van der Waals surface area (Å²) in [5.74, 6) is -0.523. The number of hydrogen-bond acceptors (Lipinski definition) is 2. The molecule has 0 bridgehead atoms. The van der Waals surface area contributed by atoms with Crippen LogP contribution in [0.3, 0.4) is 0 Å². The Kier molecular flexibility index (Phi) is 1.90. The highest BCUT2D eigenvalue weighted by atomic mass is 16.2. The first kappa shape index (κ1) is 9.28. The van der Waals surface area contributed by atoms with Crippen LogP contribution >= 0.6 is 0 Å². The lowest BCUT2D eigenvalue weighted by Gasteiger charge is -2.14. The third kappa shape index (κ3) is 1.34. The van der Waals surface area contributed by atoms with E-state index in [1.54, 1.807) is 0 Å². The fourth-order valence-corrected chi connectivity index (χ4v) is 2.21. The van der Waals surface area contributed by atoms with E-state index in [2.05, 4.69) is 0 Å². The van der Waals surface area contributed by atoms with Gasteiger partial charge in [0.25, 0.3) is 0 Å². The van der Waals surface area contributed by atoms with E-state index in [0.29, 0.717) is 0 Å². The first-order valence-corrected chi connectivity index (χ1v) is 5.30. The molecule has 0 fully saturated rings. The van der Waals surface area contributed by atoms with E-state index in [-0.39, 0.29) is 24.4 Å². The molecule has 0 aliphatic heterocycles. The summed E-state index contributed by atoms with van der Waals surface area (Å²) < 4.78 is 0. The van der Waals surface area contributed by atoms with Crippen molar-refractivity contribution in [2.75, 3.05) is 0 Å². The second kappa shape index (κ2) is 3.27. The molecule has 0 N–H and O–H groups in total. The first-order chi connectivity index (χ1) is 7.74. The Bertz CT molecular complexity index is 557. The lowest BCUT2D eigenvalue weighted by Crippen LogP contribution is -2.24. The zero-order valence-electron chi connectivity index (χ0n) is 8.69. The zero-order chi connectivity index (χ0) is 11.1. The van der Waals surface area contributed by atoms with Crippen LogP contribution in [0, 0.1) is 0 Å². The van der Waals surface area contributed by atoms with Crippen molar-refractivity contribution in [3.05, 3.63) is 47.5 Å². The maximum Gasteiger partial charge on any atom is 0.203 e. The van der Waals surface area contributed by atoms with Gasteiger partial charge in [0, 0.05) is 12.8 Å². The van der Waals surface area contributed by atoms with Crippen molar-refractivity contribution in [1.82, 2.24) is 0 Å². The van der Waals surface area contributed by atoms with Gasteiger partial charge in [-0.2, -0.15) is 0 Å². The molecule has 2 heteroatoms. The molecule has 0 spiro atoms. The molecule has 0 unspecified atom stereocenters. The van der Waals surface area contributed by atoms with E-state index < -0.39 is 0 Å².